The van der Waals surface area contributed by atoms with Crippen molar-refractivity contribution in [3.63, 3.8) is 0 Å². The number of hydrogen-bond acceptors (Lipinski definition) is 3. The van der Waals surface area contributed by atoms with Gasteiger partial charge in [0.1, 0.15) is 0 Å². The van der Waals surface area contributed by atoms with Crippen LogP contribution in [0.25, 0.3) is 0 Å². The summed E-state index contributed by atoms with van der Waals surface area (Å²) < 4.78 is 1.81. The number of rotatable bonds is 6. The summed E-state index contributed by atoms with van der Waals surface area (Å²) in [5.41, 5.74) is 0. The highest BCUT2D eigenvalue weighted by Crippen LogP contribution is 2.11. The zero-order chi connectivity index (χ0) is 14.4. The molecular formula is C15H26N4O. The Bertz CT molecular complexity index is 396. The van der Waals surface area contributed by atoms with Gasteiger partial charge < -0.3 is 10.2 Å². The smallest absolute Gasteiger partial charge is 0.224 e. The van der Waals surface area contributed by atoms with Gasteiger partial charge in [-0.3, -0.25) is 9.48 Å². The van der Waals surface area contributed by atoms with Crippen molar-refractivity contribution >= 4 is 5.91 Å². The summed E-state index contributed by atoms with van der Waals surface area (Å²) in [5, 5.41) is 7.66. The van der Waals surface area contributed by atoms with E-state index in [1.807, 2.05) is 21.8 Å². The summed E-state index contributed by atoms with van der Waals surface area (Å²) in [4.78, 5) is 14.4. The molecule has 0 spiro atoms. The van der Waals surface area contributed by atoms with Crippen molar-refractivity contribution in [1.82, 2.24) is 20.0 Å². The van der Waals surface area contributed by atoms with Crippen LogP contribution in [0.5, 0.6) is 0 Å². The third-order valence-corrected chi connectivity index (χ3v) is 3.89. The quantitative estimate of drug-likeness (QED) is 0.861. The summed E-state index contributed by atoms with van der Waals surface area (Å²) in [6.45, 7) is 6.75. The average molecular weight is 278 g/mol. The van der Waals surface area contributed by atoms with Crippen LogP contribution >= 0.6 is 0 Å². The fraction of sp³-hybridized carbons (Fsp3) is 0.733. The molecule has 0 bridgehead atoms. The lowest BCUT2D eigenvalue weighted by Crippen LogP contribution is -2.48. The molecule has 0 radical (unpaired) electrons. The topological polar surface area (TPSA) is 50.2 Å². The van der Waals surface area contributed by atoms with Gasteiger partial charge in [-0.1, -0.05) is 6.42 Å². The number of nitrogens with one attached hydrogen (secondary N) is 1. The van der Waals surface area contributed by atoms with E-state index in [-0.39, 0.29) is 11.9 Å². The molecule has 1 fully saturated rings. The van der Waals surface area contributed by atoms with Crippen LogP contribution in [0.1, 0.15) is 39.5 Å². The van der Waals surface area contributed by atoms with E-state index in [2.05, 4.69) is 24.3 Å². The molecule has 1 saturated heterocycles. The number of carbonyl (C=O) groups excluding carboxylic acids is 1. The Morgan fingerprint density at radius 1 is 1.50 bits per heavy atom. The van der Waals surface area contributed by atoms with E-state index in [0.717, 1.165) is 13.1 Å². The molecule has 2 heterocycles. The molecule has 1 unspecified atom stereocenters. The minimum atomic E-state index is 0.225. The van der Waals surface area contributed by atoms with Gasteiger partial charge in [0.25, 0.3) is 0 Å². The van der Waals surface area contributed by atoms with Gasteiger partial charge in [0.2, 0.25) is 5.91 Å². The van der Waals surface area contributed by atoms with Crippen molar-refractivity contribution in [2.75, 3.05) is 13.1 Å². The Hall–Kier alpha value is -1.36. The first-order chi connectivity index (χ1) is 9.66. The molecule has 1 aliphatic heterocycles. The van der Waals surface area contributed by atoms with E-state index < -0.39 is 0 Å². The molecule has 0 saturated carbocycles. The number of aryl methyl sites for hydroxylation is 1. The standard InChI is InChI=1S/C15H26N4O/c1-13(2)19(12-14-6-3-4-8-16-14)15(20)7-11-18-10-5-9-17-18/h5,9-10,13-14,16H,3-4,6-8,11-12H2,1-2H3. The van der Waals surface area contributed by atoms with E-state index in [0.29, 0.717) is 19.0 Å². The molecule has 1 atom stereocenters. The number of piperidine rings is 1. The van der Waals surface area contributed by atoms with Crippen LogP contribution in [-0.4, -0.2) is 45.8 Å². The second kappa shape index (κ2) is 7.43. The van der Waals surface area contributed by atoms with Crippen molar-refractivity contribution in [2.45, 2.75) is 58.2 Å². The molecule has 0 aliphatic carbocycles. The lowest BCUT2D eigenvalue weighted by Gasteiger charge is -2.33. The SMILES string of the molecule is CC(C)N(CC1CCCCN1)C(=O)CCn1cccn1. The van der Waals surface area contributed by atoms with E-state index in [1.165, 1.54) is 19.3 Å². The average Bonchev–Trinajstić information content (AvgIpc) is 2.96. The van der Waals surface area contributed by atoms with Crippen LogP contribution in [0.4, 0.5) is 0 Å². The number of amides is 1. The molecule has 0 aromatic carbocycles. The van der Waals surface area contributed by atoms with Crippen LogP contribution < -0.4 is 5.32 Å². The fourth-order valence-electron chi connectivity index (χ4n) is 2.70. The highest BCUT2D eigenvalue weighted by molar-refractivity contribution is 5.76. The van der Waals surface area contributed by atoms with Crippen LogP contribution in [0.2, 0.25) is 0 Å². The molecule has 112 valence electrons. The Morgan fingerprint density at radius 3 is 2.95 bits per heavy atom. The molecule has 20 heavy (non-hydrogen) atoms. The number of carbonyl (C=O) groups is 1. The molecule has 5 nitrogen and oxygen atoms in total. The van der Waals surface area contributed by atoms with Crippen molar-refractivity contribution in [3.05, 3.63) is 18.5 Å². The normalized spacial score (nSPS) is 19.2. The lowest BCUT2D eigenvalue weighted by molar-refractivity contribution is -0.133. The van der Waals surface area contributed by atoms with Gasteiger partial charge in [-0.2, -0.15) is 5.10 Å². The second-order valence-corrected chi connectivity index (χ2v) is 5.81. The summed E-state index contributed by atoms with van der Waals surface area (Å²) in [5.74, 6) is 0.225. The van der Waals surface area contributed by atoms with Crippen LogP contribution in [-0.2, 0) is 11.3 Å². The minimum absolute atomic E-state index is 0.225. The zero-order valence-corrected chi connectivity index (χ0v) is 12.6. The molecule has 5 heteroatoms. The highest BCUT2D eigenvalue weighted by Gasteiger charge is 2.22. The van der Waals surface area contributed by atoms with E-state index >= 15 is 0 Å². The van der Waals surface area contributed by atoms with Crippen molar-refractivity contribution in [2.24, 2.45) is 0 Å². The number of hydrogen-bond donors (Lipinski definition) is 1. The predicted octanol–water partition coefficient (Wildman–Crippen LogP) is 1.65. The molecule has 1 N–H and O–H groups in total. The van der Waals surface area contributed by atoms with Crippen molar-refractivity contribution in [3.8, 4) is 0 Å². The number of nitrogens with zero attached hydrogens (tertiary/aromatic N) is 3. The van der Waals surface area contributed by atoms with E-state index in [9.17, 15) is 4.79 Å². The van der Waals surface area contributed by atoms with Gasteiger partial charge in [0.15, 0.2) is 0 Å². The van der Waals surface area contributed by atoms with Crippen LogP contribution in [0, 0.1) is 0 Å². The summed E-state index contributed by atoms with van der Waals surface area (Å²) in [6, 6.07) is 2.60. The largest absolute Gasteiger partial charge is 0.339 e. The zero-order valence-electron chi connectivity index (χ0n) is 12.6. The monoisotopic (exact) mass is 278 g/mol. The summed E-state index contributed by atoms with van der Waals surface area (Å²) >= 11 is 0. The van der Waals surface area contributed by atoms with Gasteiger partial charge in [-0.05, 0) is 39.3 Å². The molecule has 1 aromatic rings. The molecule has 1 aliphatic rings. The number of aromatic nitrogens is 2. The van der Waals surface area contributed by atoms with E-state index in [1.54, 1.807) is 6.20 Å². The maximum atomic E-state index is 12.4. The summed E-state index contributed by atoms with van der Waals surface area (Å²) in [7, 11) is 0. The Kier molecular flexibility index (Phi) is 5.59. The molecular weight excluding hydrogens is 252 g/mol. The molecule has 2 rings (SSSR count). The lowest BCUT2D eigenvalue weighted by atomic mass is 10.0. The van der Waals surface area contributed by atoms with Gasteiger partial charge in [-0.25, -0.2) is 0 Å². The Morgan fingerprint density at radius 2 is 2.35 bits per heavy atom. The predicted molar refractivity (Wildman–Crippen MR) is 79.3 cm³/mol. The first-order valence-corrected chi connectivity index (χ1v) is 7.67. The van der Waals surface area contributed by atoms with Gasteiger partial charge in [0.05, 0.1) is 0 Å². The van der Waals surface area contributed by atoms with Gasteiger partial charge in [-0.15, -0.1) is 0 Å². The third-order valence-electron chi connectivity index (χ3n) is 3.89. The van der Waals surface area contributed by atoms with Crippen molar-refractivity contribution in [1.29, 1.82) is 0 Å². The molecule has 1 amide bonds. The Balaban J connectivity index is 1.84. The minimum Gasteiger partial charge on any atom is -0.339 e. The van der Waals surface area contributed by atoms with Crippen LogP contribution in [0.3, 0.4) is 0 Å². The third kappa shape index (κ3) is 4.34. The second-order valence-electron chi connectivity index (χ2n) is 5.81. The van der Waals surface area contributed by atoms with Crippen LogP contribution in [0.15, 0.2) is 18.5 Å². The van der Waals surface area contributed by atoms with Crippen molar-refractivity contribution < 1.29 is 4.79 Å². The first kappa shape index (κ1) is 15.0. The maximum absolute atomic E-state index is 12.4. The first-order valence-electron chi connectivity index (χ1n) is 7.67. The maximum Gasteiger partial charge on any atom is 0.224 e. The van der Waals surface area contributed by atoms with E-state index in [4.69, 9.17) is 0 Å². The Labute approximate surface area is 121 Å². The van der Waals surface area contributed by atoms with Gasteiger partial charge >= 0.3 is 0 Å². The van der Waals surface area contributed by atoms with Gasteiger partial charge in [0, 0.05) is 44.0 Å². The molecule has 1 aromatic heterocycles. The summed E-state index contributed by atoms with van der Waals surface area (Å²) in [6.07, 6.45) is 7.87. The highest BCUT2D eigenvalue weighted by atomic mass is 16.2. The fourth-order valence-corrected chi connectivity index (χ4v) is 2.70.